The molecular weight excluding hydrogens is 365 g/mol. The Labute approximate surface area is 157 Å². The number of nitrogens with one attached hydrogen (secondary N) is 1. The number of rotatable bonds is 2. The molecule has 0 unspecified atom stereocenters. The zero-order chi connectivity index (χ0) is 20.0. The summed E-state index contributed by atoms with van der Waals surface area (Å²) in [7, 11) is 0. The number of halogens is 1. The first-order chi connectivity index (χ1) is 13.4. The molecule has 4 rings (SSSR count). The maximum absolute atomic E-state index is 13.7. The van der Waals surface area contributed by atoms with Crippen molar-refractivity contribution in [3.8, 4) is 11.5 Å². The molecule has 1 amide bonds. The van der Waals surface area contributed by atoms with Crippen molar-refractivity contribution in [1.82, 2.24) is 0 Å². The average Bonchev–Trinajstić information content (AvgIpc) is 2.67. The number of carbonyl (C=O) groups excluding carboxylic acids is 3. The Bertz CT molecular complexity index is 1190. The lowest BCUT2D eigenvalue weighted by Crippen LogP contribution is -2.23. The van der Waals surface area contributed by atoms with Crippen LogP contribution >= 0.6 is 0 Å². The molecule has 0 saturated carbocycles. The maximum Gasteiger partial charge on any atom is 0.255 e. The molecule has 0 heterocycles. The van der Waals surface area contributed by atoms with E-state index < -0.39 is 29.0 Å². The lowest BCUT2D eigenvalue weighted by atomic mass is 9.82. The van der Waals surface area contributed by atoms with Crippen LogP contribution < -0.4 is 5.32 Å². The average molecular weight is 377 g/mol. The van der Waals surface area contributed by atoms with E-state index in [2.05, 4.69) is 5.32 Å². The van der Waals surface area contributed by atoms with Crippen molar-refractivity contribution < 1.29 is 29.0 Å². The number of amides is 1. The van der Waals surface area contributed by atoms with Crippen LogP contribution in [0.25, 0.3) is 0 Å². The van der Waals surface area contributed by atoms with Gasteiger partial charge in [0, 0.05) is 16.7 Å². The van der Waals surface area contributed by atoms with E-state index >= 15 is 0 Å². The van der Waals surface area contributed by atoms with Crippen molar-refractivity contribution in [2.24, 2.45) is 0 Å². The molecule has 0 radical (unpaired) electrons. The molecule has 28 heavy (non-hydrogen) atoms. The maximum atomic E-state index is 13.7. The van der Waals surface area contributed by atoms with Crippen molar-refractivity contribution in [3.05, 3.63) is 88.2 Å². The van der Waals surface area contributed by atoms with Crippen molar-refractivity contribution in [1.29, 1.82) is 0 Å². The predicted octanol–water partition coefficient (Wildman–Crippen LogP) is 3.26. The second-order valence-electron chi connectivity index (χ2n) is 6.21. The van der Waals surface area contributed by atoms with Crippen LogP contribution in [0, 0.1) is 5.82 Å². The van der Waals surface area contributed by atoms with Crippen LogP contribution in [0.1, 0.15) is 42.2 Å². The van der Waals surface area contributed by atoms with Gasteiger partial charge in [-0.3, -0.25) is 14.4 Å². The lowest BCUT2D eigenvalue weighted by Gasteiger charge is -2.20. The zero-order valence-corrected chi connectivity index (χ0v) is 14.2. The third kappa shape index (κ3) is 2.61. The second-order valence-corrected chi connectivity index (χ2v) is 6.21. The molecule has 138 valence electrons. The molecule has 3 aromatic rings. The molecule has 0 saturated heterocycles. The van der Waals surface area contributed by atoms with Crippen LogP contribution in [-0.2, 0) is 0 Å². The van der Waals surface area contributed by atoms with Gasteiger partial charge >= 0.3 is 0 Å². The molecule has 0 spiro atoms. The molecule has 0 aromatic heterocycles. The van der Waals surface area contributed by atoms with Crippen molar-refractivity contribution in [3.63, 3.8) is 0 Å². The van der Waals surface area contributed by atoms with Crippen LogP contribution in [0.5, 0.6) is 11.5 Å². The molecule has 3 aromatic carbocycles. The van der Waals surface area contributed by atoms with E-state index in [1.165, 1.54) is 48.5 Å². The van der Waals surface area contributed by atoms with Gasteiger partial charge in [-0.25, -0.2) is 4.39 Å². The molecule has 1 aliphatic rings. The van der Waals surface area contributed by atoms with Gasteiger partial charge in [0.25, 0.3) is 5.91 Å². The standard InChI is InChI=1S/C21H12FNO5/c22-13-5-1-2-6-14(13)23-21(28)10-8-12-18(16(25)9-10)20(27)17-11(19(12)26)4-3-7-15(17)24/h1-9,24-25H,(H,23,28). The Morgan fingerprint density at radius 1 is 0.821 bits per heavy atom. The molecule has 0 fully saturated rings. The van der Waals surface area contributed by atoms with Crippen LogP contribution in [-0.4, -0.2) is 27.7 Å². The monoisotopic (exact) mass is 377 g/mol. The van der Waals surface area contributed by atoms with E-state index in [1.54, 1.807) is 0 Å². The predicted molar refractivity (Wildman–Crippen MR) is 97.4 cm³/mol. The number of fused-ring (bicyclic) bond motifs is 2. The first kappa shape index (κ1) is 17.4. The van der Waals surface area contributed by atoms with Crippen LogP contribution in [0.2, 0.25) is 0 Å². The number of para-hydroxylation sites is 1. The number of ketones is 2. The summed E-state index contributed by atoms with van der Waals surface area (Å²) in [5.41, 5.74) is -0.864. The van der Waals surface area contributed by atoms with E-state index in [0.717, 1.165) is 6.07 Å². The third-order valence-electron chi connectivity index (χ3n) is 4.49. The van der Waals surface area contributed by atoms with Gasteiger partial charge in [0.2, 0.25) is 5.78 Å². The van der Waals surface area contributed by atoms with Gasteiger partial charge in [-0.1, -0.05) is 24.3 Å². The Morgan fingerprint density at radius 2 is 1.54 bits per heavy atom. The molecule has 3 N–H and O–H groups in total. The first-order valence-electron chi connectivity index (χ1n) is 8.22. The summed E-state index contributed by atoms with van der Waals surface area (Å²) in [6.45, 7) is 0. The minimum atomic E-state index is -0.759. The van der Waals surface area contributed by atoms with Gasteiger partial charge in [-0.15, -0.1) is 0 Å². The number of carbonyl (C=O) groups is 3. The number of phenols is 2. The fourth-order valence-corrected chi connectivity index (χ4v) is 3.17. The zero-order valence-electron chi connectivity index (χ0n) is 14.2. The normalized spacial score (nSPS) is 12.3. The van der Waals surface area contributed by atoms with Crippen molar-refractivity contribution in [2.45, 2.75) is 0 Å². The Hall–Kier alpha value is -4.00. The number of aromatic hydroxyl groups is 2. The largest absolute Gasteiger partial charge is 0.507 e. The van der Waals surface area contributed by atoms with Gasteiger partial charge in [0.05, 0.1) is 16.8 Å². The quantitative estimate of drug-likeness (QED) is 0.497. The molecule has 0 bridgehead atoms. The highest BCUT2D eigenvalue weighted by Gasteiger charge is 2.35. The summed E-state index contributed by atoms with van der Waals surface area (Å²) in [5, 5.41) is 22.6. The second kappa shape index (κ2) is 6.31. The molecule has 6 nitrogen and oxygen atoms in total. The number of anilines is 1. The van der Waals surface area contributed by atoms with Crippen LogP contribution in [0.4, 0.5) is 10.1 Å². The van der Waals surface area contributed by atoms with Gasteiger partial charge < -0.3 is 15.5 Å². The molecule has 1 aliphatic carbocycles. The molecular formula is C21H12FNO5. The number of benzene rings is 3. The van der Waals surface area contributed by atoms with E-state index in [9.17, 15) is 29.0 Å². The van der Waals surface area contributed by atoms with Gasteiger partial charge in [0.1, 0.15) is 17.3 Å². The summed E-state index contributed by atoms with van der Waals surface area (Å²) in [6.07, 6.45) is 0. The highest BCUT2D eigenvalue weighted by molar-refractivity contribution is 6.30. The fourth-order valence-electron chi connectivity index (χ4n) is 3.17. The van der Waals surface area contributed by atoms with Crippen LogP contribution in [0.15, 0.2) is 54.6 Å². The van der Waals surface area contributed by atoms with Gasteiger partial charge in [0.15, 0.2) is 5.78 Å². The van der Waals surface area contributed by atoms with Gasteiger partial charge in [-0.2, -0.15) is 0 Å². The summed E-state index contributed by atoms with van der Waals surface area (Å²) >= 11 is 0. The van der Waals surface area contributed by atoms with E-state index in [0.29, 0.717) is 0 Å². The highest BCUT2D eigenvalue weighted by Crippen LogP contribution is 2.37. The number of hydrogen-bond acceptors (Lipinski definition) is 5. The minimum absolute atomic E-state index is 0.0245. The van der Waals surface area contributed by atoms with E-state index in [4.69, 9.17) is 0 Å². The summed E-state index contributed by atoms with van der Waals surface area (Å²) in [4.78, 5) is 37.9. The first-order valence-corrected chi connectivity index (χ1v) is 8.22. The van der Waals surface area contributed by atoms with Crippen molar-refractivity contribution in [2.75, 3.05) is 5.32 Å². The summed E-state index contributed by atoms with van der Waals surface area (Å²) in [6, 6.07) is 11.8. The third-order valence-corrected chi connectivity index (χ3v) is 4.49. The Balaban J connectivity index is 1.79. The molecule has 0 aliphatic heterocycles. The Kier molecular flexibility index (Phi) is 3.93. The number of phenolic OH excluding ortho intramolecular Hbond substituents is 2. The lowest BCUT2D eigenvalue weighted by molar-refractivity contribution is 0.0972. The minimum Gasteiger partial charge on any atom is -0.507 e. The van der Waals surface area contributed by atoms with E-state index in [-0.39, 0.29) is 39.3 Å². The summed E-state index contributed by atoms with van der Waals surface area (Å²) in [5.74, 6) is -3.69. The topological polar surface area (TPSA) is 104 Å². The van der Waals surface area contributed by atoms with Gasteiger partial charge in [-0.05, 0) is 30.3 Å². The Morgan fingerprint density at radius 3 is 2.29 bits per heavy atom. The van der Waals surface area contributed by atoms with Crippen LogP contribution in [0.3, 0.4) is 0 Å². The molecule has 0 atom stereocenters. The smallest absolute Gasteiger partial charge is 0.255 e. The summed E-state index contributed by atoms with van der Waals surface area (Å²) < 4.78 is 13.7. The molecule has 7 heteroatoms. The highest BCUT2D eigenvalue weighted by atomic mass is 19.1. The SMILES string of the molecule is O=C(Nc1ccccc1F)c1cc(O)c2c(c1)C(=O)c1cccc(O)c1C2=O. The number of hydrogen-bond donors (Lipinski definition) is 3. The van der Waals surface area contributed by atoms with E-state index in [1.807, 2.05) is 0 Å². The van der Waals surface area contributed by atoms with Crippen molar-refractivity contribution >= 4 is 23.2 Å². The fraction of sp³-hybridized carbons (Fsp3) is 0.